The Morgan fingerprint density at radius 2 is 1.59 bits per heavy atom. The summed E-state index contributed by atoms with van der Waals surface area (Å²) in [4.78, 5) is 0. The number of benzene rings is 1. The van der Waals surface area contributed by atoms with Gasteiger partial charge in [-0.1, -0.05) is 31.4 Å². The van der Waals surface area contributed by atoms with E-state index in [1.807, 2.05) is 0 Å². The summed E-state index contributed by atoms with van der Waals surface area (Å²) >= 11 is 0. The first-order chi connectivity index (χ1) is 9.90. The molecular weight excluding hydrogens is 322 g/mol. The smallest absolute Gasteiger partial charge is 0.428 e. The number of hydrogen-bond donors (Lipinski definition) is 1. The van der Waals surface area contributed by atoms with Gasteiger partial charge in [0.1, 0.15) is 5.75 Å². The van der Waals surface area contributed by atoms with Crippen LogP contribution in [0.5, 0.6) is 5.75 Å². The number of halogens is 5. The van der Waals surface area contributed by atoms with Gasteiger partial charge in [-0.25, -0.2) is 0 Å². The molecule has 0 amide bonds. The minimum atomic E-state index is -4.48. The first kappa shape index (κ1) is 19.0. The lowest BCUT2D eigenvalue weighted by atomic mass is 9.81. The summed E-state index contributed by atoms with van der Waals surface area (Å²) in [5.41, 5.74) is 7.00. The molecule has 2 rings (SSSR count). The van der Waals surface area contributed by atoms with Gasteiger partial charge in [-0.2, -0.15) is 17.6 Å². The Morgan fingerprint density at radius 3 is 2.09 bits per heavy atom. The molecular formula is C15H20ClF4NO. The van der Waals surface area contributed by atoms with Gasteiger partial charge in [0, 0.05) is 6.04 Å². The van der Waals surface area contributed by atoms with E-state index in [4.69, 9.17) is 5.73 Å². The summed E-state index contributed by atoms with van der Waals surface area (Å²) in [7, 11) is 0. The molecule has 0 saturated heterocycles. The molecule has 0 spiro atoms. The Morgan fingerprint density at radius 1 is 1.05 bits per heavy atom. The van der Waals surface area contributed by atoms with E-state index in [0.29, 0.717) is 5.92 Å². The van der Waals surface area contributed by atoms with E-state index >= 15 is 0 Å². The van der Waals surface area contributed by atoms with E-state index in [1.54, 1.807) is 12.1 Å². The standard InChI is InChI=1S/C15H19F4NO.ClH/c16-14(17)15(18,19)21-12-8-6-11(7-9-12)13(20)10-4-2-1-3-5-10;/h6-10,13-14H,1-5,20H2;1H/t13-;/m0./s1. The molecule has 1 aromatic carbocycles. The van der Waals surface area contributed by atoms with Crippen LogP contribution in [0.2, 0.25) is 0 Å². The fourth-order valence-corrected chi connectivity index (χ4v) is 2.73. The van der Waals surface area contributed by atoms with Gasteiger partial charge in [0.2, 0.25) is 0 Å². The van der Waals surface area contributed by atoms with E-state index < -0.39 is 12.5 Å². The van der Waals surface area contributed by atoms with Crippen molar-refractivity contribution in [2.45, 2.75) is 50.7 Å². The molecule has 1 aliphatic carbocycles. The predicted octanol–water partition coefficient (Wildman–Crippen LogP) is 4.93. The maximum Gasteiger partial charge on any atom is 0.461 e. The second-order valence-corrected chi connectivity index (χ2v) is 5.46. The molecule has 0 aromatic heterocycles. The van der Waals surface area contributed by atoms with Crippen LogP contribution < -0.4 is 10.5 Å². The zero-order valence-corrected chi connectivity index (χ0v) is 12.8. The van der Waals surface area contributed by atoms with Crippen molar-refractivity contribution in [3.63, 3.8) is 0 Å². The van der Waals surface area contributed by atoms with Crippen LogP contribution in [0.3, 0.4) is 0 Å². The van der Waals surface area contributed by atoms with Crippen LogP contribution in [0, 0.1) is 5.92 Å². The number of alkyl halides is 4. The van der Waals surface area contributed by atoms with Crippen molar-refractivity contribution in [2.24, 2.45) is 11.7 Å². The van der Waals surface area contributed by atoms with Crippen molar-refractivity contribution in [3.8, 4) is 5.75 Å². The Labute approximate surface area is 133 Å². The zero-order chi connectivity index (χ0) is 15.5. The van der Waals surface area contributed by atoms with Gasteiger partial charge in [-0.3, -0.25) is 0 Å². The van der Waals surface area contributed by atoms with E-state index in [-0.39, 0.29) is 24.2 Å². The van der Waals surface area contributed by atoms with Crippen LogP contribution in [0.15, 0.2) is 24.3 Å². The quantitative estimate of drug-likeness (QED) is 0.771. The average molecular weight is 342 g/mol. The maximum absolute atomic E-state index is 12.8. The Bertz CT molecular complexity index is 449. The topological polar surface area (TPSA) is 35.2 Å². The summed E-state index contributed by atoms with van der Waals surface area (Å²) in [5, 5.41) is 0. The van der Waals surface area contributed by atoms with Gasteiger partial charge in [-0.05, 0) is 36.5 Å². The molecule has 2 N–H and O–H groups in total. The van der Waals surface area contributed by atoms with Crippen LogP contribution >= 0.6 is 12.4 Å². The van der Waals surface area contributed by atoms with Gasteiger partial charge in [0.25, 0.3) is 0 Å². The molecule has 1 aliphatic rings. The van der Waals surface area contributed by atoms with Crippen molar-refractivity contribution in [1.82, 2.24) is 0 Å². The molecule has 0 aliphatic heterocycles. The second kappa shape index (κ2) is 8.02. The highest BCUT2D eigenvalue weighted by molar-refractivity contribution is 5.85. The van der Waals surface area contributed by atoms with Crippen LogP contribution in [-0.2, 0) is 0 Å². The molecule has 1 saturated carbocycles. The van der Waals surface area contributed by atoms with Gasteiger partial charge in [-0.15, -0.1) is 12.4 Å². The molecule has 22 heavy (non-hydrogen) atoms. The number of ether oxygens (including phenoxy) is 1. The predicted molar refractivity (Wildman–Crippen MR) is 78.8 cm³/mol. The first-order valence-electron chi connectivity index (χ1n) is 7.10. The molecule has 0 bridgehead atoms. The van der Waals surface area contributed by atoms with Crippen LogP contribution in [-0.4, -0.2) is 12.5 Å². The van der Waals surface area contributed by atoms with Crippen molar-refractivity contribution in [3.05, 3.63) is 29.8 Å². The SMILES string of the molecule is Cl.N[C@H](c1ccc(OC(F)(F)C(F)F)cc1)C1CCCCC1. The minimum Gasteiger partial charge on any atom is -0.428 e. The summed E-state index contributed by atoms with van der Waals surface area (Å²) in [6, 6.07) is 5.49. The van der Waals surface area contributed by atoms with Crippen molar-refractivity contribution < 1.29 is 22.3 Å². The number of hydrogen-bond acceptors (Lipinski definition) is 2. The number of nitrogens with two attached hydrogens (primary N) is 1. The Hall–Kier alpha value is -1.01. The molecule has 126 valence electrons. The molecule has 1 fully saturated rings. The van der Waals surface area contributed by atoms with Gasteiger partial charge in [0.15, 0.2) is 0 Å². The lowest BCUT2D eigenvalue weighted by Gasteiger charge is -2.28. The largest absolute Gasteiger partial charge is 0.461 e. The highest BCUT2D eigenvalue weighted by atomic mass is 35.5. The van der Waals surface area contributed by atoms with Crippen LogP contribution in [0.25, 0.3) is 0 Å². The van der Waals surface area contributed by atoms with Crippen molar-refractivity contribution in [2.75, 3.05) is 0 Å². The average Bonchev–Trinajstić information content (AvgIpc) is 2.48. The molecule has 7 heteroatoms. The fraction of sp³-hybridized carbons (Fsp3) is 0.600. The normalized spacial score (nSPS) is 17.9. The third-order valence-electron chi connectivity index (χ3n) is 3.93. The van der Waals surface area contributed by atoms with E-state index in [0.717, 1.165) is 31.2 Å². The molecule has 0 radical (unpaired) electrons. The highest BCUT2D eigenvalue weighted by Crippen LogP contribution is 2.34. The molecule has 1 aromatic rings. The minimum absolute atomic E-state index is 0. The fourth-order valence-electron chi connectivity index (χ4n) is 2.73. The van der Waals surface area contributed by atoms with Crippen LogP contribution in [0.1, 0.15) is 43.7 Å². The molecule has 0 unspecified atom stereocenters. The zero-order valence-electron chi connectivity index (χ0n) is 12.0. The number of rotatable bonds is 5. The maximum atomic E-state index is 12.8. The van der Waals surface area contributed by atoms with Crippen molar-refractivity contribution >= 4 is 12.4 Å². The summed E-state index contributed by atoms with van der Waals surface area (Å²) in [5.74, 6) is 0.0907. The van der Waals surface area contributed by atoms with E-state index in [2.05, 4.69) is 4.74 Å². The van der Waals surface area contributed by atoms with E-state index in [9.17, 15) is 17.6 Å². The van der Waals surface area contributed by atoms with Crippen molar-refractivity contribution in [1.29, 1.82) is 0 Å². The monoisotopic (exact) mass is 341 g/mol. The van der Waals surface area contributed by atoms with Gasteiger partial charge >= 0.3 is 12.5 Å². The lowest BCUT2D eigenvalue weighted by Crippen LogP contribution is -2.33. The Balaban J connectivity index is 0.00000242. The summed E-state index contributed by atoms with van der Waals surface area (Å²) < 4.78 is 53.7. The second-order valence-electron chi connectivity index (χ2n) is 5.46. The van der Waals surface area contributed by atoms with Gasteiger partial charge < -0.3 is 10.5 Å². The first-order valence-corrected chi connectivity index (χ1v) is 7.10. The summed E-state index contributed by atoms with van der Waals surface area (Å²) in [6.07, 6.45) is -2.70. The van der Waals surface area contributed by atoms with E-state index in [1.165, 1.54) is 18.6 Å². The summed E-state index contributed by atoms with van der Waals surface area (Å²) in [6.45, 7) is 0. The van der Waals surface area contributed by atoms with Crippen LogP contribution in [0.4, 0.5) is 17.6 Å². The molecule has 2 nitrogen and oxygen atoms in total. The lowest BCUT2D eigenvalue weighted by molar-refractivity contribution is -0.253. The highest BCUT2D eigenvalue weighted by Gasteiger charge is 2.43. The molecule has 1 atom stereocenters. The third-order valence-corrected chi connectivity index (χ3v) is 3.93. The Kier molecular flexibility index (Phi) is 6.94. The molecule has 0 heterocycles. The van der Waals surface area contributed by atoms with Gasteiger partial charge in [0.05, 0.1) is 0 Å². The third kappa shape index (κ3) is 4.74.